The molecule has 0 spiro atoms. The van der Waals surface area contributed by atoms with Crippen molar-refractivity contribution in [3.8, 4) is 17.2 Å². The van der Waals surface area contributed by atoms with Crippen LogP contribution >= 0.6 is 0 Å². The molecule has 2 N–H and O–H groups in total. The SMILES string of the molecule is COc1ccc(C(=O)Nc2cccc(/C=C/C(=O)c3ccc(OCC(=O)O)c(OC)c3)c2)cc1. The second kappa shape index (κ2) is 11.3. The molecule has 0 atom stereocenters. The average molecular weight is 461 g/mol. The number of methoxy groups -OCH3 is 2. The highest BCUT2D eigenvalue weighted by molar-refractivity contribution is 6.07. The van der Waals surface area contributed by atoms with Crippen molar-refractivity contribution in [1.29, 1.82) is 0 Å². The largest absolute Gasteiger partial charge is 0.497 e. The summed E-state index contributed by atoms with van der Waals surface area (Å²) in [6.45, 7) is -0.519. The smallest absolute Gasteiger partial charge is 0.341 e. The predicted molar refractivity (Wildman–Crippen MR) is 127 cm³/mol. The molecule has 0 radical (unpaired) electrons. The first-order valence-electron chi connectivity index (χ1n) is 10.2. The Morgan fingerprint density at radius 1 is 0.882 bits per heavy atom. The Bertz CT molecular complexity index is 1220. The number of ketones is 1. The van der Waals surface area contributed by atoms with Gasteiger partial charge in [0.1, 0.15) is 5.75 Å². The first-order chi connectivity index (χ1) is 16.4. The van der Waals surface area contributed by atoms with Crippen LogP contribution in [0.3, 0.4) is 0 Å². The maximum Gasteiger partial charge on any atom is 0.341 e. The van der Waals surface area contributed by atoms with E-state index in [4.69, 9.17) is 19.3 Å². The molecule has 3 aromatic carbocycles. The summed E-state index contributed by atoms with van der Waals surface area (Å²) in [5.41, 5.74) is 2.13. The minimum Gasteiger partial charge on any atom is -0.497 e. The molecular weight excluding hydrogens is 438 g/mol. The summed E-state index contributed by atoms with van der Waals surface area (Å²) in [5, 5.41) is 11.6. The highest BCUT2D eigenvalue weighted by Gasteiger charge is 2.11. The summed E-state index contributed by atoms with van der Waals surface area (Å²) >= 11 is 0. The Morgan fingerprint density at radius 3 is 2.29 bits per heavy atom. The number of carboxylic acids is 1. The van der Waals surface area contributed by atoms with Crippen LogP contribution in [0.25, 0.3) is 6.08 Å². The van der Waals surface area contributed by atoms with Gasteiger partial charge in [0.05, 0.1) is 14.2 Å². The Balaban J connectivity index is 1.68. The molecule has 1 amide bonds. The van der Waals surface area contributed by atoms with Gasteiger partial charge in [-0.1, -0.05) is 18.2 Å². The van der Waals surface area contributed by atoms with Gasteiger partial charge >= 0.3 is 5.97 Å². The number of aliphatic carboxylic acids is 1. The number of benzene rings is 3. The van der Waals surface area contributed by atoms with Gasteiger partial charge < -0.3 is 24.6 Å². The van der Waals surface area contributed by atoms with Crippen LogP contribution in [-0.2, 0) is 4.79 Å². The standard InChI is InChI=1S/C26H23NO7/c1-32-21-10-7-18(8-11-21)26(31)27-20-5-3-4-17(14-20)6-12-22(28)19-9-13-23(24(15-19)33-2)34-16-25(29)30/h3-15H,16H2,1-2H3,(H,27,31)(H,29,30)/b12-6+. The number of allylic oxidation sites excluding steroid dienone is 1. The fourth-order valence-electron chi connectivity index (χ4n) is 3.01. The van der Waals surface area contributed by atoms with Crippen LogP contribution in [-0.4, -0.2) is 43.6 Å². The molecule has 8 nitrogen and oxygen atoms in total. The van der Waals surface area contributed by atoms with Crippen LogP contribution in [0.2, 0.25) is 0 Å². The molecule has 0 heterocycles. The number of carboxylic acid groups (broad SMARTS) is 1. The normalized spacial score (nSPS) is 10.5. The Hall–Kier alpha value is -4.59. The average Bonchev–Trinajstić information content (AvgIpc) is 2.86. The molecule has 34 heavy (non-hydrogen) atoms. The fraction of sp³-hybridized carbons (Fsp3) is 0.115. The van der Waals surface area contributed by atoms with Gasteiger partial charge in [0.25, 0.3) is 5.91 Å². The number of amides is 1. The molecule has 8 heteroatoms. The number of ether oxygens (including phenoxy) is 3. The highest BCUT2D eigenvalue weighted by atomic mass is 16.5. The van der Waals surface area contributed by atoms with Crippen LogP contribution < -0.4 is 19.5 Å². The summed E-state index contributed by atoms with van der Waals surface area (Å²) in [7, 11) is 2.96. The molecular formula is C26H23NO7. The minimum absolute atomic E-state index is 0.228. The van der Waals surface area contributed by atoms with Gasteiger partial charge in [-0.05, 0) is 66.2 Å². The summed E-state index contributed by atoms with van der Waals surface area (Å²) in [4.78, 5) is 35.8. The maximum absolute atomic E-state index is 12.6. The van der Waals surface area contributed by atoms with Gasteiger partial charge in [-0.3, -0.25) is 9.59 Å². The molecule has 0 saturated carbocycles. The molecule has 0 saturated heterocycles. The van der Waals surface area contributed by atoms with Crippen LogP contribution in [0.15, 0.2) is 72.8 Å². The zero-order chi connectivity index (χ0) is 24.5. The first kappa shape index (κ1) is 24.1. The second-order valence-electron chi connectivity index (χ2n) is 7.05. The Labute approximate surface area is 196 Å². The lowest BCUT2D eigenvalue weighted by molar-refractivity contribution is -0.139. The molecule has 0 aliphatic heterocycles. The van der Waals surface area contributed by atoms with E-state index in [9.17, 15) is 14.4 Å². The van der Waals surface area contributed by atoms with E-state index in [1.54, 1.807) is 61.7 Å². The van der Waals surface area contributed by atoms with E-state index in [1.807, 2.05) is 0 Å². The summed E-state index contributed by atoms with van der Waals surface area (Å²) in [5.74, 6) is -0.525. The van der Waals surface area contributed by atoms with E-state index in [1.165, 1.54) is 31.4 Å². The number of hydrogen-bond acceptors (Lipinski definition) is 6. The van der Waals surface area contributed by atoms with Crippen LogP contribution in [0.4, 0.5) is 5.69 Å². The van der Waals surface area contributed by atoms with Crippen LogP contribution in [0.1, 0.15) is 26.3 Å². The predicted octanol–water partition coefficient (Wildman–Crippen LogP) is 4.32. The third-order valence-electron chi connectivity index (χ3n) is 4.72. The lowest BCUT2D eigenvalue weighted by Gasteiger charge is -2.10. The first-order valence-corrected chi connectivity index (χ1v) is 10.2. The summed E-state index contributed by atoms with van der Waals surface area (Å²) in [6.07, 6.45) is 3.03. The Morgan fingerprint density at radius 2 is 1.62 bits per heavy atom. The number of carbonyl (C=O) groups is 3. The van der Waals surface area contributed by atoms with Crippen molar-refractivity contribution in [3.63, 3.8) is 0 Å². The zero-order valence-electron chi connectivity index (χ0n) is 18.6. The number of anilines is 1. The molecule has 0 bridgehead atoms. The van der Waals surface area contributed by atoms with Gasteiger partial charge in [0, 0.05) is 16.8 Å². The van der Waals surface area contributed by atoms with Crippen molar-refractivity contribution in [3.05, 3.63) is 89.5 Å². The number of hydrogen-bond donors (Lipinski definition) is 2. The van der Waals surface area contributed by atoms with E-state index >= 15 is 0 Å². The van der Waals surface area contributed by atoms with Crippen molar-refractivity contribution in [2.45, 2.75) is 0 Å². The van der Waals surface area contributed by atoms with Crippen molar-refractivity contribution in [2.24, 2.45) is 0 Å². The molecule has 0 aliphatic rings. The van der Waals surface area contributed by atoms with Crippen LogP contribution in [0.5, 0.6) is 17.2 Å². The van der Waals surface area contributed by atoms with Crippen molar-refractivity contribution >= 4 is 29.4 Å². The highest BCUT2D eigenvalue weighted by Crippen LogP contribution is 2.28. The summed E-state index contributed by atoms with van der Waals surface area (Å²) in [6, 6.07) is 18.3. The van der Waals surface area contributed by atoms with E-state index in [0.717, 1.165) is 0 Å². The number of nitrogens with one attached hydrogen (secondary N) is 1. The zero-order valence-corrected chi connectivity index (χ0v) is 18.6. The van der Waals surface area contributed by atoms with Gasteiger partial charge in [-0.2, -0.15) is 0 Å². The molecule has 174 valence electrons. The third kappa shape index (κ3) is 6.46. The molecule has 0 aliphatic carbocycles. The van der Waals surface area contributed by atoms with Gasteiger partial charge in [-0.15, -0.1) is 0 Å². The monoisotopic (exact) mass is 461 g/mol. The molecule has 0 aromatic heterocycles. The van der Waals surface area contributed by atoms with Crippen molar-refractivity contribution < 1.29 is 33.7 Å². The molecule has 0 fully saturated rings. The molecule has 3 aromatic rings. The van der Waals surface area contributed by atoms with Gasteiger partial charge in [0.15, 0.2) is 23.9 Å². The third-order valence-corrected chi connectivity index (χ3v) is 4.72. The number of rotatable bonds is 10. The Kier molecular flexibility index (Phi) is 8.02. The van der Waals surface area contributed by atoms with Crippen molar-refractivity contribution in [2.75, 3.05) is 26.1 Å². The maximum atomic E-state index is 12.6. The molecule has 3 rings (SSSR count). The van der Waals surface area contributed by atoms with Crippen molar-refractivity contribution in [1.82, 2.24) is 0 Å². The minimum atomic E-state index is -1.12. The fourth-order valence-corrected chi connectivity index (χ4v) is 3.01. The second-order valence-corrected chi connectivity index (χ2v) is 7.05. The van der Waals surface area contributed by atoms with E-state index in [2.05, 4.69) is 5.32 Å². The number of carbonyl (C=O) groups excluding carboxylic acids is 2. The topological polar surface area (TPSA) is 111 Å². The van der Waals surface area contributed by atoms with E-state index < -0.39 is 12.6 Å². The quantitative estimate of drug-likeness (QED) is 0.342. The van der Waals surface area contributed by atoms with Crippen LogP contribution in [0, 0.1) is 0 Å². The van der Waals surface area contributed by atoms with E-state index in [-0.39, 0.29) is 23.2 Å². The van der Waals surface area contributed by atoms with Gasteiger partial charge in [0.2, 0.25) is 0 Å². The van der Waals surface area contributed by atoms with E-state index in [0.29, 0.717) is 28.1 Å². The lowest BCUT2D eigenvalue weighted by Crippen LogP contribution is -2.11. The molecule has 0 unspecified atom stereocenters. The lowest BCUT2D eigenvalue weighted by atomic mass is 10.1. The summed E-state index contributed by atoms with van der Waals surface area (Å²) < 4.78 is 15.4. The van der Waals surface area contributed by atoms with Gasteiger partial charge in [-0.25, -0.2) is 4.79 Å².